The van der Waals surface area contributed by atoms with Crippen molar-refractivity contribution in [2.24, 2.45) is 14.1 Å². The van der Waals surface area contributed by atoms with Gasteiger partial charge in [-0.15, -0.1) is 0 Å². The molecule has 3 aromatic rings. The van der Waals surface area contributed by atoms with Crippen molar-refractivity contribution in [3.63, 3.8) is 0 Å². The molecule has 1 fully saturated rings. The van der Waals surface area contributed by atoms with Crippen LogP contribution in [0.1, 0.15) is 42.0 Å². The second kappa shape index (κ2) is 7.15. The van der Waals surface area contributed by atoms with Crippen LogP contribution in [-0.2, 0) is 26.2 Å². The molecule has 0 bridgehead atoms. The zero-order valence-electron chi connectivity index (χ0n) is 18.1. The van der Waals surface area contributed by atoms with Gasteiger partial charge in [-0.25, -0.2) is 4.79 Å². The van der Waals surface area contributed by atoms with E-state index in [0.717, 1.165) is 42.5 Å². The molecule has 2 heterocycles. The molecule has 5 heteroatoms. The molecule has 0 aliphatic carbocycles. The van der Waals surface area contributed by atoms with E-state index < -0.39 is 5.60 Å². The van der Waals surface area contributed by atoms with E-state index in [2.05, 4.69) is 56.0 Å². The Labute approximate surface area is 172 Å². The van der Waals surface area contributed by atoms with Crippen molar-refractivity contribution >= 4 is 11.0 Å². The fraction of sp³-hybridized carbons (Fsp3) is 0.458. The number of likely N-dealkylation sites (tertiary alicyclic amines) is 1. The van der Waals surface area contributed by atoms with Crippen molar-refractivity contribution in [3.05, 3.63) is 69.1 Å². The Bertz CT molecular complexity index is 1110. The molecule has 1 saturated heterocycles. The van der Waals surface area contributed by atoms with E-state index in [1.165, 1.54) is 16.7 Å². The van der Waals surface area contributed by atoms with E-state index in [1.807, 2.05) is 20.2 Å². The Hall–Kier alpha value is -2.37. The molecule has 1 aromatic heterocycles. The summed E-state index contributed by atoms with van der Waals surface area (Å²) in [6.07, 6.45) is 1.45. The molecule has 5 nitrogen and oxygen atoms in total. The lowest BCUT2D eigenvalue weighted by atomic mass is 9.80. The second-order valence-electron chi connectivity index (χ2n) is 8.91. The first-order valence-electron chi connectivity index (χ1n) is 10.4. The molecule has 154 valence electrons. The molecule has 2 atom stereocenters. The van der Waals surface area contributed by atoms with Gasteiger partial charge in [-0.05, 0) is 56.9 Å². The van der Waals surface area contributed by atoms with Gasteiger partial charge in [-0.1, -0.05) is 35.4 Å². The van der Waals surface area contributed by atoms with Crippen LogP contribution in [0.2, 0.25) is 0 Å². The molecule has 1 aliphatic heterocycles. The maximum atomic E-state index is 12.2. The van der Waals surface area contributed by atoms with Gasteiger partial charge in [0.15, 0.2) is 0 Å². The maximum absolute atomic E-state index is 12.2. The van der Waals surface area contributed by atoms with Crippen molar-refractivity contribution in [2.75, 3.05) is 6.54 Å². The smallest absolute Gasteiger partial charge is 0.328 e. The number of piperidine rings is 1. The first-order valence-corrected chi connectivity index (χ1v) is 10.4. The number of rotatable bonds is 3. The summed E-state index contributed by atoms with van der Waals surface area (Å²) in [5.41, 5.74) is 5.80. The number of hydrogen-bond donors (Lipinski definition) is 1. The largest absolute Gasteiger partial charge is 0.385 e. The van der Waals surface area contributed by atoms with Crippen LogP contribution in [-0.4, -0.2) is 31.7 Å². The van der Waals surface area contributed by atoms with Crippen molar-refractivity contribution in [2.45, 2.75) is 51.8 Å². The molecular weight excluding hydrogens is 362 g/mol. The van der Waals surface area contributed by atoms with Gasteiger partial charge < -0.3 is 5.11 Å². The summed E-state index contributed by atoms with van der Waals surface area (Å²) in [5.74, 6) is 0. The lowest BCUT2D eigenvalue weighted by Crippen LogP contribution is -2.47. The minimum atomic E-state index is -0.764. The summed E-state index contributed by atoms with van der Waals surface area (Å²) < 4.78 is 3.39. The van der Waals surface area contributed by atoms with Gasteiger partial charge in [0.2, 0.25) is 0 Å². The van der Waals surface area contributed by atoms with Gasteiger partial charge in [0, 0.05) is 33.2 Å². The summed E-state index contributed by atoms with van der Waals surface area (Å²) in [6.45, 7) is 8.04. The average molecular weight is 394 g/mol. The Morgan fingerprint density at radius 2 is 1.69 bits per heavy atom. The molecule has 2 aromatic carbocycles. The number of fused-ring (bicyclic) bond motifs is 1. The first kappa shape index (κ1) is 19.9. The van der Waals surface area contributed by atoms with E-state index in [9.17, 15) is 9.90 Å². The Balaban J connectivity index is 1.54. The quantitative estimate of drug-likeness (QED) is 0.742. The van der Waals surface area contributed by atoms with Crippen molar-refractivity contribution in [3.8, 4) is 0 Å². The Morgan fingerprint density at radius 3 is 2.34 bits per heavy atom. The normalized spacial score (nSPS) is 23.0. The SMILES string of the molecule is Cc1cc(C)cc([C@@]2(O)CCN(Cc3ccc4c(c3)n(C)c(=O)n4C)[C@@H](C)C2)c1. The number of aliphatic hydroxyl groups is 1. The monoisotopic (exact) mass is 393 g/mol. The van der Waals surface area contributed by atoms with E-state index in [1.54, 1.807) is 9.13 Å². The third kappa shape index (κ3) is 3.53. The van der Waals surface area contributed by atoms with Gasteiger partial charge in [-0.3, -0.25) is 14.0 Å². The number of nitrogens with zero attached hydrogens (tertiary/aromatic N) is 3. The third-order valence-electron chi connectivity index (χ3n) is 6.55. The van der Waals surface area contributed by atoms with Gasteiger partial charge in [0.1, 0.15) is 0 Å². The Kier molecular flexibility index (Phi) is 4.91. The van der Waals surface area contributed by atoms with Crippen LogP contribution in [0, 0.1) is 13.8 Å². The molecule has 29 heavy (non-hydrogen) atoms. The molecule has 0 radical (unpaired) electrons. The highest BCUT2D eigenvalue weighted by Crippen LogP contribution is 2.37. The fourth-order valence-electron chi connectivity index (χ4n) is 4.89. The fourth-order valence-corrected chi connectivity index (χ4v) is 4.89. The van der Waals surface area contributed by atoms with Crippen molar-refractivity contribution < 1.29 is 5.11 Å². The molecule has 1 aliphatic rings. The lowest BCUT2D eigenvalue weighted by Gasteiger charge is -2.43. The van der Waals surface area contributed by atoms with Crippen LogP contribution >= 0.6 is 0 Å². The summed E-state index contributed by atoms with van der Waals surface area (Å²) in [4.78, 5) is 14.6. The van der Waals surface area contributed by atoms with Crippen molar-refractivity contribution in [1.29, 1.82) is 0 Å². The number of benzene rings is 2. The summed E-state index contributed by atoms with van der Waals surface area (Å²) in [6, 6.07) is 12.9. The van der Waals surface area contributed by atoms with E-state index >= 15 is 0 Å². The molecule has 4 rings (SSSR count). The number of aryl methyl sites for hydroxylation is 4. The van der Waals surface area contributed by atoms with Crippen LogP contribution in [0.5, 0.6) is 0 Å². The predicted molar refractivity (Wildman–Crippen MR) is 117 cm³/mol. The van der Waals surface area contributed by atoms with Crippen LogP contribution < -0.4 is 5.69 Å². The second-order valence-corrected chi connectivity index (χ2v) is 8.91. The molecule has 1 N–H and O–H groups in total. The molecule has 0 unspecified atom stereocenters. The van der Waals surface area contributed by atoms with E-state index in [0.29, 0.717) is 0 Å². The highest BCUT2D eigenvalue weighted by Gasteiger charge is 2.38. The third-order valence-corrected chi connectivity index (χ3v) is 6.55. The zero-order valence-corrected chi connectivity index (χ0v) is 18.1. The van der Waals surface area contributed by atoms with Crippen LogP contribution in [0.3, 0.4) is 0 Å². The summed E-state index contributed by atoms with van der Waals surface area (Å²) >= 11 is 0. The summed E-state index contributed by atoms with van der Waals surface area (Å²) in [5, 5.41) is 11.4. The van der Waals surface area contributed by atoms with Gasteiger partial charge in [0.25, 0.3) is 0 Å². The van der Waals surface area contributed by atoms with Gasteiger partial charge in [-0.2, -0.15) is 0 Å². The van der Waals surface area contributed by atoms with Crippen molar-refractivity contribution in [1.82, 2.24) is 14.0 Å². The zero-order chi connectivity index (χ0) is 20.9. The molecule has 0 spiro atoms. The van der Waals surface area contributed by atoms with Crippen LogP contribution in [0.15, 0.2) is 41.2 Å². The first-order chi connectivity index (χ1) is 13.7. The van der Waals surface area contributed by atoms with Crippen LogP contribution in [0.4, 0.5) is 0 Å². The standard InChI is InChI=1S/C24H31N3O2/c1-16-10-17(2)12-20(11-16)24(29)8-9-27(18(3)14-24)15-19-6-7-21-22(13-19)26(5)23(28)25(21)4/h6-7,10-13,18,29H,8-9,14-15H2,1-5H3/t18-,24+/m0/s1. The van der Waals surface area contributed by atoms with E-state index in [4.69, 9.17) is 0 Å². The number of aromatic nitrogens is 2. The molecule has 0 amide bonds. The molecular formula is C24H31N3O2. The van der Waals surface area contributed by atoms with Gasteiger partial charge >= 0.3 is 5.69 Å². The summed E-state index contributed by atoms with van der Waals surface area (Å²) in [7, 11) is 3.63. The average Bonchev–Trinajstić information content (AvgIpc) is 2.87. The number of hydrogen-bond acceptors (Lipinski definition) is 3. The Morgan fingerprint density at radius 1 is 1.03 bits per heavy atom. The predicted octanol–water partition coefficient (Wildman–Crippen LogP) is 3.37. The minimum Gasteiger partial charge on any atom is -0.385 e. The van der Waals surface area contributed by atoms with Crippen LogP contribution in [0.25, 0.3) is 11.0 Å². The highest BCUT2D eigenvalue weighted by atomic mass is 16.3. The number of imidazole rings is 1. The minimum absolute atomic E-state index is 0.00185. The van der Waals surface area contributed by atoms with Gasteiger partial charge in [0.05, 0.1) is 16.6 Å². The maximum Gasteiger partial charge on any atom is 0.328 e. The topological polar surface area (TPSA) is 50.4 Å². The lowest BCUT2D eigenvalue weighted by molar-refractivity contribution is -0.0502. The van der Waals surface area contributed by atoms with E-state index in [-0.39, 0.29) is 11.7 Å². The highest BCUT2D eigenvalue weighted by molar-refractivity contribution is 5.76. The molecule has 0 saturated carbocycles.